The molecule has 2 aromatic carbocycles. The Morgan fingerprint density at radius 2 is 1.60 bits per heavy atom. The van der Waals surface area contributed by atoms with Crippen molar-refractivity contribution in [2.45, 2.75) is 31.7 Å². The summed E-state index contributed by atoms with van der Waals surface area (Å²) in [6, 6.07) is 10.5. The van der Waals surface area contributed by atoms with Gasteiger partial charge in [0.1, 0.15) is 0 Å². The fourth-order valence-electron chi connectivity index (χ4n) is 2.72. The lowest BCUT2D eigenvalue weighted by Gasteiger charge is -2.24. The van der Waals surface area contributed by atoms with Gasteiger partial charge in [-0.2, -0.15) is 0 Å². The van der Waals surface area contributed by atoms with Gasteiger partial charge < -0.3 is 14.8 Å². The normalized spacial score (nSPS) is 12.4. The van der Waals surface area contributed by atoms with E-state index in [4.69, 9.17) is 0 Å². The van der Waals surface area contributed by atoms with Crippen LogP contribution in [0.2, 0.25) is 0 Å². The highest BCUT2D eigenvalue weighted by Gasteiger charge is 2.30. The number of sulfonamides is 1. The molecule has 0 aromatic heterocycles. The summed E-state index contributed by atoms with van der Waals surface area (Å²) in [7, 11) is -5.73. The van der Waals surface area contributed by atoms with Gasteiger partial charge in [-0.1, -0.05) is 24.3 Å². The Kier molecular flexibility index (Phi) is 11.5. The molecule has 196 valence electrons. The van der Waals surface area contributed by atoms with Crippen LogP contribution in [0.3, 0.4) is 0 Å². The van der Waals surface area contributed by atoms with Crippen molar-refractivity contribution in [1.29, 1.82) is 0 Å². The maximum Gasteiger partial charge on any atom is 0.289 e. The Balaban J connectivity index is 0.000000905. The molecule has 0 amide bonds. The monoisotopic (exact) mass is 532 g/mol. The summed E-state index contributed by atoms with van der Waals surface area (Å²) >= 11 is 0. The highest BCUT2D eigenvalue weighted by Crippen LogP contribution is 2.32. The number of nitro benzene ring substituents is 1. The molecule has 0 fully saturated rings. The Morgan fingerprint density at radius 3 is 2.11 bits per heavy atom. The zero-order valence-electron chi connectivity index (χ0n) is 20.3. The van der Waals surface area contributed by atoms with E-state index >= 15 is 0 Å². The van der Waals surface area contributed by atoms with Gasteiger partial charge in [0.15, 0.2) is 4.90 Å². The van der Waals surface area contributed by atoms with Crippen LogP contribution in [0.25, 0.3) is 0 Å². The van der Waals surface area contributed by atoms with Crippen molar-refractivity contribution in [1.82, 2.24) is 0 Å². The Bertz CT molecular complexity index is 1190. The molecule has 1 unspecified atom stereocenters. The third-order valence-electron chi connectivity index (χ3n) is 5.02. The molecule has 0 heterocycles. The second-order valence-electron chi connectivity index (χ2n) is 7.62. The second kappa shape index (κ2) is 13.3. The van der Waals surface area contributed by atoms with E-state index in [1.165, 1.54) is 51.3 Å². The van der Waals surface area contributed by atoms with Gasteiger partial charge in [0, 0.05) is 19.2 Å². The maximum absolute atomic E-state index is 13.0. The predicted octanol–water partition coefficient (Wildman–Crippen LogP) is 1.24. The van der Waals surface area contributed by atoms with E-state index in [9.17, 15) is 31.5 Å². The van der Waals surface area contributed by atoms with E-state index in [2.05, 4.69) is 30.4 Å². The molecule has 0 aliphatic heterocycles. The standard InChI is InChI=1S/C16H19N3O8S2.C5H13N/c1-12(11-27-29(24,25)26)17-13-7-3-4-8-14(13)18(2)28(22,23)16-10-6-5-9-15(16)19(20)21;1-4-6(3)5-2/h3-10,12,17H,11H2,1-2H3,(H,24,25,26);4-5H2,1-3H3. The van der Waals surface area contributed by atoms with Crippen LogP contribution in [-0.4, -0.2) is 66.1 Å². The van der Waals surface area contributed by atoms with E-state index < -0.39 is 48.6 Å². The van der Waals surface area contributed by atoms with Crippen molar-refractivity contribution in [2.24, 2.45) is 0 Å². The number of nitrogens with one attached hydrogen (secondary N) is 2. The summed E-state index contributed by atoms with van der Waals surface area (Å²) in [4.78, 5) is 11.5. The zero-order valence-corrected chi connectivity index (χ0v) is 21.9. The molecule has 35 heavy (non-hydrogen) atoms. The largest absolute Gasteiger partial charge is 0.726 e. The molecule has 0 radical (unpaired) electrons. The summed E-state index contributed by atoms with van der Waals surface area (Å²) in [5, 5.41) is 14.1. The van der Waals surface area contributed by atoms with Crippen molar-refractivity contribution in [3.63, 3.8) is 0 Å². The minimum absolute atomic E-state index is 0.155. The van der Waals surface area contributed by atoms with Gasteiger partial charge in [0.05, 0.1) is 43.0 Å². The molecule has 0 aliphatic rings. The van der Waals surface area contributed by atoms with Crippen LogP contribution in [0.5, 0.6) is 0 Å². The third kappa shape index (κ3) is 9.41. The number of para-hydroxylation sites is 3. The highest BCUT2D eigenvalue weighted by atomic mass is 32.3. The molecular formula is C21H32N4O8S2. The van der Waals surface area contributed by atoms with Gasteiger partial charge in [-0.25, -0.2) is 16.8 Å². The summed E-state index contributed by atoms with van der Waals surface area (Å²) in [6.45, 7) is 7.93. The molecular weight excluding hydrogens is 500 g/mol. The molecule has 0 saturated heterocycles. The van der Waals surface area contributed by atoms with Gasteiger partial charge in [0.25, 0.3) is 15.7 Å². The summed E-state index contributed by atoms with van der Waals surface area (Å²) < 4.78 is 62.8. The number of hydrogen-bond donors (Lipinski definition) is 2. The molecule has 1 atom stereocenters. The van der Waals surface area contributed by atoms with Gasteiger partial charge in [-0.15, -0.1) is 0 Å². The Labute approximate surface area is 206 Å². The molecule has 2 N–H and O–H groups in total. The van der Waals surface area contributed by atoms with Crippen LogP contribution in [0.15, 0.2) is 53.4 Å². The first-order valence-corrected chi connectivity index (χ1v) is 13.5. The molecule has 2 aromatic rings. The maximum atomic E-state index is 13.0. The topological polar surface area (TPSA) is 163 Å². The van der Waals surface area contributed by atoms with Crippen LogP contribution in [0.4, 0.5) is 17.1 Å². The fourth-order valence-corrected chi connectivity index (χ4v) is 4.46. The summed E-state index contributed by atoms with van der Waals surface area (Å²) in [5.41, 5.74) is -0.119. The molecule has 0 aliphatic carbocycles. The SMILES string of the molecule is CC(COS(=O)(=O)[O-])Nc1ccccc1N(C)S(=O)(=O)c1ccccc1[N+](=O)[O-].CC[NH+](C)CC. The molecule has 2 rings (SSSR count). The van der Waals surface area contributed by atoms with Crippen LogP contribution >= 0.6 is 0 Å². The van der Waals surface area contributed by atoms with E-state index in [1.807, 2.05) is 0 Å². The van der Waals surface area contributed by atoms with E-state index in [-0.39, 0.29) is 11.4 Å². The second-order valence-corrected chi connectivity index (χ2v) is 10.6. The van der Waals surface area contributed by atoms with Crippen molar-refractivity contribution in [3.8, 4) is 0 Å². The number of benzene rings is 2. The van der Waals surface area contributed by atoms with E-state index in [0.717, 1.165) is 16.4 Å². The molecule has 0 bridgehead atoms. The summed E-state index contributed by atoms with van der Waals surface area (Å²) in [5.74, 6) is 0. The number of hydrogen-bond acceptors (Lipinski definition) is 9. The van der Waals surface area contributed by atoms with Crippen molar-refractivity contribution < 1.29 is 35.4 Å². The van der Waals surface area contributed by atoms with Crippen molar-refractivity contribution >= 4 is 37.5 Å². The van der Waals surface area contributed by atoms with Crippen LogP contribution < -0.4 is 14.5 Å². The third-order valence-corrected chi connectivity index (χ3v) is 7.26. The van der Waals surface area contributed by atoms with E-state index in [1.54, 1.807) is 17.0 Å². The van der Waals surface area contributed by atoms with Gasteiger partial charge in [0.2, 0.25) is 10.4 Å². The average Bonchev–Trinajstić information content (AvgIpc) is 2.82. The minimum atomic E-state index is -4.87. The fraction of sp³-hybridized carbons (Fsp3) is 0.429. The molecule has 0 spiro atoms. The zero-order chi connectivity index (χ0) is 26.8. The van der Waals surface area contributed by atoms with Crippen LogP contribution in [-0.2, 0) is 24.6 Å². The first kappa shape index (κ1) is 30.3. The number of quaternary nitrogens is 1. The van der Waals surface area contributed by atoms with Crippen LogP contribution in [0.1, 0.15) is 20.8 Å². The number of nitrogens with zero attached hydrogens (tertiary/aromatic N) is 2. The van der Waals surface area contributed by atoms with Crippen molar-refractivity contribution in [2.75, 3.05) is 43.4 Å². The lowest BCUT2D eigenvalue weighted by Crippen LogP contribution is -3.08. The van der Waals surface area contributed by atoms with Gasteiger partial charge in [-0.3, -0.25) is 18.6 Å². The Hall–Kier alpha value is -2.78. The van der Waals surface area contributed by atoms with E-state index in [0.29, 0.717) is 0 Å². The molecule has 0 saturated carbocycles. The smallest absolute Gasteiger partial charge is 0.289 e. The quantitative estimate of drug-likeness (QED) is 0.187. The number of anilines is 2. The Morgan fingerprint density at radius 1 is 1.06 bits per heavy atom. The minimum Gasteiger partial charge on any atom is -0.726 e. The lowest BCUT2D eigenvalue weighted by molar-refractivity contribution is -0.875. The number of rotatable bonds is 11. The molecule has 14 heteroatoms. The lowest BCUT2D eigenvalue weighted by atomic mass is 10.2. The first-order chi connectivity index (χ1) is 16.2. The average molecular weight is 533 g/mol. The van der Waals surface area contributed by atoms with Gasteiger partial charge >= 0.3 is 0 Å². The number of nitro groups is 1. The van der Waals surface area contributed by atoms with Crippen molar-refractivity contribution in [3.05, 3.63) is 58.6 Å². The highest BCUT2D eigenvalue weighted by molar-refractivity contribution is 7.93. The van der Waals surface area contributed by atoms with Crippen LogP contribution in [0, 0.1) is 10.1 Å². The molecule has 12 nitrogen and oxygen atoms in total. The summed E-state index contributed by atoms with van der Waals surface area (Å²) in [6.07, 6.45) is 0. The first-order valence-electron chi connectivity index (χ1n) is 10.7. The van der Waals surface area contributed by atoms with Gasteiger partial charge in [-0.05, 0) is 39.0 Å². The predicted molar refractivity (Wildman–Crippen MR) is 132 cm³/mol.